The van der Waals surface area contributed by atoms with Crippen LogP contribution in [0.1, 0.15) is 11.3 Å². The van der Waals surface area contributed by atoms with Gasteiger partial charge in [-0.15, -0.1) is 0 Å². The van der Waals surface area contributed by atoms with E-state index in [4.69, 9.17) is 4.42 Å². The molecule has 2 rings (SSSR count). The van der Waals surface area contributed by atoms with Crippen LogP contribution < -0.4 is 5.32 Å². The zero-order valence-electron chi connectivity index (χ0n) is 11.6. The monoisotopic (exact) mass is 275 g/mol. The summed E-state index contributed by atoms with van der Waals surface area (Å²) in [5.74, 6) is 1.34. The first kappa shape index (κ1) is 14.1. The lowest BCUT2D eigenvalue weighted by Gasteiger charge is -2.21. The fraction of sp³-hybridized carbons (Fsp3) is 0.267. The highest BCUT2D eigenvalue weighted by molar-refractivity contribution is 5.79. The number of aliphatic imine (C=N–C) groups is 1. The number of guanidine groups is 1. The Kier molecular flexibility index (Phi) is 4.76. The van der Waals surface area contributed by atoms with Gasteiger partial charge in [0.05, 0.1) is 12.8 Å². The van der Waals surface area contributed by atoms with Crippen LogP contribution in [0, 0.1) is 5.82 Å². The van der Waals surface area contributed by atoms with Crippen molar-refractivity contribution in [3.05, 3.63) is 59.8 Å². The molecule has 0 spiro atoms. The molecule has 2 aromatic rings. The molecule has 5 heteroatoms. The Bertz CT molecular complexity index is 566. The molecular weight excluding hydrogens is 257 g/mol. The van der Waals surface area contributed by atoms with Gasteiger partial charge >= 0.3 is 0 Å². The first-order valence-corrected chi connectivity index (χ1v) is 6.37. The van der Waals surface area contributed by atoms with Crippen LogP contribution >= 0.6 is 0 Å². The molecule has 0 radical (unpaired) electrons. The molecule has 20 heavy (non-hydrogen) atoms. The van der Waals surface area contributed by atoms with Gasteiger partial charge in [0.15, 0.2) is 5.96 Å². The van der Waals surface area contributed by atoms with Crippen LogP contribution in [0.3, 0.4) is 0 Å². The summed E-state index contributed by atoms with van der Waals surface area (Å²) in [6.45, 7) is 1.14. The number of rotatable bonds is 4. The predicted octanol–water partition coefficient (Wildman–Crippen LogP) is 2.63. The molecule has 0 atom stereocenters. The van der Waals surface area contributed by atoms with Crippen LogP contribution in [0.5, 0.6) is 0 Å². The smallest absolute Gasteiger partial charge is 0.194 e. The van der Waals surface area contributed by atoms with Crippen molar-refractivity contribution in [3.63, 3.8) is 0 Å². The number of hydrogen-bond donors (Lipinski definition) is 1. The van der Waals surface area contributed by atoms with Gasteiger partial charge in [0.1, 0.15) is 11.6 Å². The van der Waals surface area contributed by atoms with Crippen LogP contribution in [-0.2, 0) is 13.1 Å². The first-order chi connectivity index (χ1) is 9.69. The van der Waals surface area contributed by atoms with Gasteiger partial charge in [-0.25, -0.2) is 4.39 Å². The fourth-order valence-corrected chi connectivity index (χ4v) is 1.95. The maximum Gasteiger partial charge on any atom is 0.194 e. The van der Waals surface area contributed by atoms with Crippen molar-refractivity contribution in [2.24, 2.45) is 4.99 Å². The number of nitrogens with zero attached hydrogens (tertiary/aromatic N) is 2. The highest BCUT2D eigenvalue weighted by Crippen LogP contribution is 2.07. The molecule has 1 N–H and O–H groups in total. The molecule has 0 aliphatic rings. The molecule has 0 saturated carbocycles. The summed E-state index contributed by atoms with van der Waals surface area (Å²) >= 11 is 0. The lowest BCUT2D eigenvalue weighted by Crippen LogP contribution is -2.37. The quantitative estimate of drug-likeness (QED) is 0.689. The van der Waals surface area contributed by atoms with Crippen molar-refractivity contribution in [3.8, 4) is 0 Å². The molecule has 0 amide bonds. The minimum atomic E-state index is -0.227. The van der Waals surface area contributed by atoms with Gasteiger partial charge in [-0.05, 0) is 29.8 Å². The Labute approximate surface area is 117 Å². The molecule has 0 saturated heterocycles. The number of nitrogens with one attached hydrogen (secondary N) is 1. The topological polar surface area (TPSA) is 40.8 Å². The Morgan fingerprint density at radius 1 is 1.35 bits per heavy atom. The van der Waals surface area contributed by atoms with E-state index in [0.717, 1.165) is 17.3 Å². The van der Waals surface area contributed by atoms with E-state index in [-0.39, 0.29) is 5.82 Å². The van der Waals surface area contributed by atoms with Gasteiger partial charge in [0.2, 0.25) is 0 Å². The van der Waals surface area contributed by atoms with E-state index in [1.165, 1.54) is 12.1 Å². The Morgan fingerprint density at radius 3 is 2.85 bits per heavy atom. The molecule has 1 aromatic heterocycles. The zero-order chi connectivity index (χ0) is 14.4. The van der Waals surface area contributed by atoms with Gasteiger partial charge in [-0.2, -0.15) is 0 Å². The van der Waals surface area contributed by atoms with Crippen LogP contribution in [0.15, 0.2) is 52.1 Å². The summed E-state index contributed by atoms with van der Waals surface area (Å²) in [7, 11) is 3.62. The second-order valence-electron chi connectivity index (χ2n) is 4.47. The third-order valence-corrected chi connectivity index (χ3v) is 2.88. The number of hydrogen-bond acceptors (Lipinski definition) is 2. The third-order valence-electron chi connectivity index (χ3n) is 2.88. The van der Waals surface area contributed by atoms with E-state index in [1.807, 2.05) is 30.1 Å². The summed E-state index contributed by atoms with van der Waals surface area (Å²) in [6, 6.07) is 10.3. The largest absolute Gasteiger partial charge is 0.467 e. The van der Waals surface area contributed by atoms with E-state index < -0.39 is 0 Å². The van der Waals surface area contributed by atoms with E-state index in [0.29, 0.717) is 13.1 Å². The molecule has 1 aromatic carbocycles. The minimum Gasteiger partial charge on any atom is -0.467 e. The summed E-state index contributed by atoms with van der Waals surface area (Å²) in [5.41, 5.74) is 0.897. The summed E-state index contributed by atoms with van der Waals surface area (Å²) in [5, 5.41) is 3.19. The molecule has 0 fully saturated rings. The normalized spacial score (nSPS) is 11.4. The SMILES string of the molecule is CN=C(NCc1ccco1)N(C)Cc1cccc(F)c1. The van der Waals surface area contributed by atoms with Crippen molar-refractivity contribution in [1.29, 1.82) is 0 Å². The number of furan rings is 1. The van der Waals surface area contributed by atoms with Gasteiger partial charge in [0.25, 0.3) is 0 Å². The van der Waals surface area contributed by atoms with Crippen LogP contribution in [0.4, 0.5) is 4.39 Å². The van der Waals surface area contributed by atoms with Crippen molar-refractivity contribution >= 4 is 5.96 Å². The van der Waals surface area contributed by atoms with Crippen molar-refractivity contribution in [2.75, 3.05) is 14.1 Å². The molecule has 0 unspecified atom stereocenters. The lowest BCUT2D eigenvalue weighted by molar-refractivity contribution is 0.458. The van der Waals surface area contributed by atoms with Crippen molar-refractivity contribution in [1.82, 2.24) is 10.2 Å². The summed E-state index contributed by atoms with van der Waals surface area (Å²) in [6.07, 6.45) is 1.64. The Morgan fingerprint density at radius 2 is 2.20 bits per heavy atom. The van der Waals surface area contributed by atoms with Crippen LogP contribution in [0.25, 0.3) is 0 Å². The average Bonchev–Trinajstić information content (AvgIpc) is 2.92. The molecule has 0 aliphatic carbocycles. The first-order valence-electron chi connectivity index (χ1n) is 6.37. The van der Waals surface area contributed by atoms with E-state index in [1.54, 1.807) is 19.4 Å². The highest BCUT2D eigenvalue weighted by atomic mass is 19.1. The van der Waals surface area contributed by atoms with Gasteiger partial charge in [0, 0.05) is 20.6 Å². The maximum atomic E-state index is 13.2. The molecule has 4 nitrogen and oxygen atoms in total. The highest BCUT2D eigenvalue weighted by Gasteiger charge is 2.07. The van der Waals surface area contributed by atoms with Gasteiger partial charge in [-0.1, -0.05) is 12.1 Å². The zero-order valence-corrected chi connectivity index (χ0v) is 11.6. The third kappa shape index (κ3) is 3.85. The van der Waals surface area contributed by atoms with E-state index in [9.17, 15) is 4.39 Å². The molecule has 106 valence electrons. The van der Waals surface area contributed by atoms with Gasteiger partial charge in [-0.3, -0.25) is 4.99 Å². The molecule has 1 heterocycles. The summed E-state index contributed by atoms with van der Waals surface area (Å²) in [4.78, 5) is 6.13. The standard InChI is InChI=1S/C15H18FN3O/c1-17-15(18-10-14-7-4-8-20-14)19(2)11-12-5-3-6-13(16)9-12/h3-9H,10-11H2,1-2H3,(H,17,18). The molecule has 0 aliphatic heterocycles. The van der Waals surface area contributed by atoms with Crippen LogP contribution in [0.2, 0.25) is 0 Å². The maximum absolute atomic E-state index is 13.2. The predicted molar refractivity (Wildman–Crippen MR) is 76.8 cm³/mol. The number of benzene rings is 1. The molecular formula is C15H18FN3O. The number of halogens is 1. The molecule has 0 bridgehead atoms. The second kappa shape index (κ2) is 6.75. The van der Waals surface area contributed by atoms with Crippen LogP contribution in [-0.4, -0.2) is 25.0 Å². The average molecular weight is 275 g/mol. The van der Waals surface area contributed by atoms with E-state index >= 15 is 0 Å². The summed E-state index contributed by atoms with van der Waals surface area (Å²) < 4.78 is 18.4. The van der Waals surface area contributed by atoms with Gasteiger partial charge < -0.3 is 14.6 Å². The van der Waals surface area contributed by atoms with Crippen molar-refractivity contribution < 1.29 is 8.81 Å². The Hall–Kier alpha value is -2.30. The second-order valence-corrected chi connectivity index (χ2v) is 4.47. The fourth-order valence-electron chi connectivity index (χ4n) is 1.95. The Balaban J connectivity index is 1.93. The lowest BCUT2D eigenvalue weighted by atomic mass is 10.2. The van der Waals surface area contributed by atoms with Crippen molar-refractivity contribution in [2.45, 2.75) is 13.1 Å². The van der Waals surface area contributed by atoms with E-state index in [2.05, 4.69) is 10.3 Å². The minimum absolute atomic E-state index is 0.227.